The molecule has 0 aromatic heterocycles. The number of piperazine rings is 1. The van der Waals surface area contributed by atoms with E-state index in [2.05, 4.69) is 16.6 Å². The molecule has 173 valence electrons. The van der Waals surface area contributed by atoms with Gasteiger partial charge in [-0.2, -0.15) is 4.90 Å². The number of rotatable bonds is 4. The molecule has 1 aliphatic rings. The van der Waals surface area contributed by atoms with E-state index in [0.29, 0.717) is 35.2 Å². The number of hydrogen-bond donors (Lipinski definition) is 0. The van der Waals surface area contributed by atoms with Crippen molar-refractivity contribution < 1.29 is 47.0 Å². The Bertz CT molecular complexity index is 858. The van der Waals surface area contributed by atoms with Crippen molar-refractivity contribution in [1.29, 1.82) is 0 Å². The number of carbonyl (C=O) groups is 1. The van der Waals surface area contributed by atoms with E-state index >= 15 is 0 Å². The van der Waals surface area contributed by atoms with E-state index in [1.807, 2.05) is 43.0 Å². The van der Waals surface area contributed by atoms with Gasteiger partial charge in [0.15, 0.2) is 0 Å². The summed E-state index contributed by atoms with van der Waals surface area (Å²) in [7, 11) is 0. The van der Waals surface area contributed by atoms with Crippen LogP contribution in [0.1, 0.15) is 38.1 Å². The smallest absolute Gasteiger partial charge is 0.254 e. The van der Waals surface area contributed by atoms with Crippen molar-refractivity contribution in [3.05, 3.63) is 58.1 Å². The number of carbonyl (C=O) groups excluding carboxylic acids is 2. The van der Waals surface area contributed by atoms with Gasteiger partial charge in [-0.05, 0) is 38.1 Å². The monoisotopic (exact) mass is 571 g/mol. The molecule has 1 aliphatic heterocycles. The summed E-state index contributed by atoms with van der Waals surface area (Å²) in [6.45, 7) is 11.6. The molecule has 0 spiro atoms. The van der Waals surface area contributed by atoms with Crippen molar-refractivity contribution >= 4 is 53.9 Å². The average Bonchev–Trinajstić information content (AvgIpc) is 2.77. The third kappa shape index (κ3) is 9.52. The third-order valence-corrected chi connectivity index (χ3v) is 5.45. The van der Waals surface area contributed by atoms with Crippen molar-refractivity contribution in [2.45, 2.75) is 38.6 Å². The zero-order valence-electron chi connectivity index (χ0n) is 18.8. The fourth-order valence-corrected chi connectivity index (χ4v) is 3.55. The number of hydrogen-bond acceptors (Lipinski definition) is 5. The molecule has 0 N–H and O–H groups in total. The Balaban J connectivity index is 0.00000106. The van der Waals surface area contributed by atoms with E-state index in [1.165, 1.54) is 6.47 Å². The molecule has 1 heterocycles. The van der Waals surface area contributed by atoms with E-state index in [-0.39, 0.29) is 44.7 Å². The van der Waals surface area contributed by atoms with Crippen LogP contribution in [-0.2, 0) is 54.9 Å². The Morgan fingerprint density at radius 1 is 1.19 bits per heavy atom. The summed E-state index contributed by atoms with van der Waals surface area (Å²) >= 11 is 17.2. The normalized spacial score (nSPS) is 14.6. The second-order valence-corrected chi connectivity index (χ2v) is 7.72. The van der Waals surface area contributed by atoms with E-state index in [0.717, 1.165) is 17.3 Å². The number of nitrogens with zero attached hydrogens (tertiary/aromatic N) is 2. The van der Waals surface area contributed by atoms with Crippen molar-refractivity contribution in [2.75, 3.05) is 31.1 Å². The van der Waals surface area contributed by atoms with Crippen molar-refractivity contribution in [3.63, 3.8) is 0 Å². The van der Waals surface area contributed by atoms with Crippen LogP contribution in [0.3, 0.4) is 0 Å². The van der Waals surface area contributed by atoms with Crippen LogP contribution in [0.25, 0.3) is 0 Å². The molecule has 0 aliphatic carbocycles. The van der Waals surface area contributed by atoms with Crippen LogP contribution in [0.2, 0.25) is 10.0 Å². The van der Waals surface area contributed by atoms with Crippen molar-refractivity contribution in [1.82, 2.24) is 4.90 Å². The molecule has 2 aromatic carbocycles. The molecule has 1 amide bonds. The summed E-state index contributed by atoms with van der Waals surface area (Å²) in [4.78, 5) is 26.5. The minimum Gasteiger partial charge on any atom is -0.778 e. The second kappa shape index (κ2) is 16.7. The molecule has 1 atom stereocenters. The second-order valence-electron chi connectivity index (χ2n) is 6.44. The maximum absolute atomic E-state index is 12.7. The first-order valence-corrected chi connectivity index (χ1v) is 11.3. The van der Waals surface area contributed by atoms with Gasteiger partial charge in [0.1, 0.15) is 0 Å². The molecule has 32 heavy (non-hydrogen) atoms. The molecule has 9 heteroatoms. The standard InChI is InChI=1S/C18H18Cl2N2OS.C3H5O2.C2H6.Y/c1-12-11-21(18(23)13-5-6-17(24)16(20)9-13)7-8-22(12)15-4-2-3-14(19)10-15;1-2-5-3-4;1-2;/h2-6,9-10,12,24H,7-8,11H2,1H3;2H2,1H3;1-2H3;/q;-1;;/p-1. The first kappa shape index (κ1) is 31.1. The molecule has 0 bridgehead atoms. The molecule has 2 aromatic rings. The molecular weight excluding hydrogens is 544 g/mol. The summed E-state index contributed by atoms with van der Waals surface area (Å²) in [6, 6.07) is 13.1. The van der Waals surface area contributed by atoms with Gasteiger partial charge in [0.25, 0.3) is 5.91 Å². The van der Waals surface area contributed by atoms with Gasteiger partial charge in [-0.1, -0.05) is 61.7 Å². The molecule has 0 saturated carbocycles. The van der Waals surface area contributed by atoms with Gasteiger partial charge >= 0.3 is 0 Å². The average molecular weight is 572 g/mol. The number of halogens is 2. The fourth-order valence-electron chi connectivity index (χ4n) is 3.06. The Kier molecular flexibility index (Phi) is 16.2. The molecule has 1 unspecified atom stereocenters. The maximum atomic E-state index is 12.7. The summed E-state index contributed by atoms with van der Waals surface area (Å²) in [6.07, 6.45) is 0. The molecule has 5 nitrogen and oxygen atoms in total. The predicted octanol–water partition coefficient (Wildman–Crippen LogP) is 5.36. The van der Waals surface area contributed by atoms with E-state index in [9.17, 15) is 4.79 Å². The largest absolute Gasteiger partial charge is 0.778 e. The minimum atomic E-state index is -0.00973. The van der Waals surface area contributed by atoms with E-state index < -0.39 is 0 Å². The summed E-state index contributed by atoms with van der Waals surface area (Å²) in [5, 5.41) is 1.17. The van der Waals surface area contributed by atoms with Crippen LogP contribution in [0.15, 0.2) is 47.4 Å². The SMILES string of the molecule is CC.CC1CN(C(=O)c2ccc([S-])c(Cl)c2)CCN1c1cccc(Cl)c1.CCO[C-]=O.[Y]. The van der Waals surface area contributed by atoms with Gasteiger partial charge in [0, 0.05) is 86.3 Å². The summed E-state index contributed by atoms with van der Waals surface area (Å²) in [5.41, 5.74) is 1.66. The quantitative estimate of drug-likeness (QED) is 0.365. The molecule has 3 rings (SSSR count). The van der Waals surface area contributed by atoms with Gasteiger partial charge in [-0.15, -0.1) is 0 Å². The Labute approximate surface area is 232 Å². The van der Waals surface area contributed by atoms with E-state index in [4.69, 9.17) is 40.6 Å². The predicted molar refractivity (Wildman–Crippen MR) is 130 cm³/mol. The minimum absolute atomic E-state index is 0. The number of benzene rings is 2. The topological polar surface area (TPSA) is 49.9 Å². The fraction of sp³-hybridized carbons (Fsp3) is 0.391. The summed E-state index contributed by atoms with van der Waals surface area (Å²) in [5.74, 6) is -0.00973. The molecule has 1 radical (unpaired) electrons. The zero-order valence-corrected chi connectivity index (χ0v) is 24.0. The Hall–Kier alpha value is -0.916. The number of ether oxygens (including phenoxy) is 1. The number of amides is 1. The Morgan fingerprint density at radius 2 is 1.88 bits per heavy atom. The van der Waals surface area contributed by atoms with Gasteiger partial charge < -0.3 is 32.0 Å². The van der Waals surface area contributed by atoms with Crippen LogP contribution in [0.5, 0.6) is 0 Å². The van der Waals surface area contributed by atoms with Gasteiger partial charge in [0.05, 0.1) is 0 Å². The number of anilines is 1. The van der Waals surface area contributed by atoms with Crippen molar-refractivity contribution in [3.8, 4) is 0 Å². The van der Waals surface area contributed by atoms with Crippen LogP contribution in [-0.4, -0.2) is 49.6 Å². The first-order chi connectivity index (χ1) is 14.9. The van der Waals surface area contributed by atoms with E-state index in [1.54, 1.807) is 25.1 Å². The van der Waals surface area contributed by atoms with Gasteiger partial charge in [-0.25, -0.2) is 0 Å². The molecule has 1 saturated heterocycles. The molecule has 1 fully saturated rings. The Morgan fingerprint density at radius 3 is 2.38 bits per heavy atom. The van der Waals surface area contributed by atoms with Crippen LogP contribution < -0.4 is 4.90 Å². The third-order valence-electron chi connectivity index (χ3n) is 4.44. The van der Waals surface area contributed by atoms with Gasteiger partial charge in [0.2, 0.25) is 0 Å². The maximum Gasteiger partial charge on any atom is 0.254 e. The van der Waals surface area contributed by atoms with Crippen LogP contribution >= 0.6 is 23.2 Å². The van der Waals surface area contributed by atoms with Gasteiger partial charge in [-0.3, -0.25) is 4.79 Å². The zero-order chi connectivity index (χ0) is 23.4. The first-order valence-electron chi connectivity index (χ1n) is 10.1. The van der Waals surface area contributed by atoms with Crippen LogP contribution in [0.4, 0.5) is 5.69 Å². The molecular formula is C23H28Cl2N2O3SY-2. The van der Waals surface area contributed by atoms with Crippen molar-refractivity contribution in [2.24, 2.45) is 0 Å². The van der Waals surface area contributed by atoms with Crippen LogP contribution in [0, 0.1) is 0 Å². The summed E-state index contributed by atoms with van der Waals surface area (Å²) < 4.78 is 4.03.